The summed E-state index contributed by atoms with van der Waals surface area (Å²) in [6.07, 6.45) is 0. The third-order valence-corrected chi connectivity index (χ3v) is 5.63. The molecule has 2 aliphatic heterocycles. The fourth-order valence-electron chi connectivity index (χ4n) is 3.87. The normalized spacial score (nSPS) is 17.0. The van der Waals surface area contributed by atoms with E-state index in [9.17, 15) is 25.9 Å². The molecule has 2 aliphatic rings. The second-order valence-electron chi connectivity index (χ2n) is 7.18. The number of para-hydroxylation sites is 1. The number of nitriles is 3. The summed E-state index contributed by atoms with van der Waals surface area (Å²) < 4.78 is 0. The van der Waals surface area contributed by atoms with E-state index >= 15 is 0 Å². The van der Waals surface area contributed by atoms with Crippen LogP contribution in [0.15, 0.2) is 88.7 Å². The standard InChI is InChI=1S/C23H14N8O2S/c24-10-14(11-25)20-19-18(13-6-8-16(9-7-13)31(32)33)17(12-26)21(27)29-22(19)30(23(34)28-20)15-4-2-1-3-5-15/h1-9,18,29H,27H2,(H,28,34). The van der Waals surface area contributed by atoms with Gasteiger partial charge in [0.2, 0.25) is 0 Å². The molecule has 0 radical (unpaired) electrons. The number of dihydropyridines is 1. The molecule has 0 saturated heterocycles. The number of hydrogen-bond donors (Lipinski definition) is 3. The van der Waals surface area contributed by atoms with Gasteiger partial charge in [0.05, 0.1) is 28.2 Å². The van der Waals surface area contributed by atoms with E-state index in [1.807, 2.05) is 42.5 Å². The lowest BCUT2D eigenvalue weighted by molar-refractivity contribution is -0.384. The van der Waals surface area contributed by atoms with Crippen LogP contribution in [-0.4, -0.2) is 10.0 Å². The Hall–Kier alpha value is -5.18. The van der Waals surface area contributed by atoms with Gasteiger partial charge in [-0.25, -0.2) is 0 Å². The molecule has 2 aromatic rings. The average molecular weight is 466 g/mol. The molecule has 1 unspecified atom stereocenters. The molecule has 0 aliphatic carbocycles. The predicted molar refractivity (Wildman–Crippen MR) is 126 cm³/mol. The highest BCUT2D eigenvalue weighted by Gasteiger charge is 2.41. The lowest BCUT2D eigenvalue weighted by Crippen LogP contribution is -2.51. The van der Waals surface area contributed by atoms with Crippen LogP contribution < -0.4 is 21.3 Å². The zero-order valence-corrected chi connectivity index (χ0v) is 18.1. The minimum atomic E-state index is -0.837. The second kappa shape index (κ2) is 8.75. The molecule has 164 valence electrons. The smallest absolute Gasteiger partial charge is 0.269 e. The van der Waals surface area contributed by atoms with Crippen LogP contribution in [0.5, 0.6) is 0 Å². The maximum atomic E-state index is 11.1. The van der Waals surface area contributed by atoms with Crippen LogP contribution in [-0.2, 0) is 0 Å². The summed E-state index contributed by atoms with van der Waals surface area (Å²) in [6.45, 7) is 0. The molecule has 2 aromatic carbocycles. The number of allylic oxidation sites excluding steroid dienone is 3. The summed E-state index contributed by atoms with van der Waals surface area (Å²) in [7, 11) is 0. The van der Waals surface area contributed by atoms with Crippen molar-refractivity contribution in [2.75, 3.05) is 4.90 Å². The molecule has 0 aromatic heterocycles. The van der Waals surface area contributed by atoms with Gasteiger partial charge >= 0.3 is 0 Å². The first-order valence-corrected chi connectivity index (χ1v) is 10.2. The molecule has 0 saturated carbocycles. The van der Waals surface area contributed by atoms with Crippen LogP contribution in [0.1, 0.15) is 11.5 Å². The van der Waals surface area contributed by atoms with E-state index in [0.717, 1.165) is 0 Å². The van der Waals surface area contributed by atoms with Crippen molar-refractivity contribution < 1.29 is 4.92 Å². The number of benzene rings is 2. The van der Waals surface area contributed by atoms with E-state index < -0.39 is 10.8 Å². The van der Waals surface area contributed by atoms with Crippen molar-refractivity contribution in [3.63, 3.8) is 0 Å². The van der Waals surface area contributed by atoms with Crippen LogP contribution in [0, 0.1) is 44.1 Å². The summed E-state index contributed by atoms with van der Waals surface area (Å²) in [4.78, 5) is 12.3. The molecule has 0 amide bonds. The predicted octanol–water partition coefficient (Wildman–Crippen LogP) is 2.88. The lowest BCUT2D eigenvalue weighted by Gasteiger charge is -2.41. The first-order valence-electron chi connectivity index (χ1n) is 9.77. The Morgan fingerprint density at radius 3 is 2.26 bits per heavy atom. The number of anilines is 1. The van der Waals surface area contributed by atoms with Crippen LogP contribution >= 0.6 is 12.2 Å². The first kappa shape index (κ1) is 22.0. The molecular formula is C23H14N8O2S. The zero-order chi connectivity index (χ0) is 24.4. The van der Waals surface area contributed by atoms with Crippen molar-refractivity contribution in [2.45, 2.75) is 5.92 Å². The largest absolute Gasteiger partial charge is 0.384 e. The summed E-state index contributed by atoms with van der Waals surface area (Å²) >= 11 is 5.56. The van der Waals surface area contributed by atoms with E-state index in [0.29, 0.717) is 22.6 Å². The van der Waals surface area contributed by atoms with Crippen molar-refractivity contribution in [1.82, 2.24) is 10.6 Å². The Bertz CT molecular complexity index is 1420. The van der Waals surface area contributed by atoms with Gasteiger partial charge in [-0.1, -0.05) is 30.3 Å². The second-order valence-corrected chi connectivity index (χ2v) is 7.57. The van der Waals surface area contributed by atoms with Gasteiger partial charge < -0.3 is 16.4 Å². The number of thiocarbonyl (C=S) groups is 1. The van der Waals surface area contributed by atoms with Crippen LogP contribution in [0.3, 0.4) is 0 Å². The molecule has 4 rings (SSSR count). The molecule has 0 spiro atoms. The maximum Gasteiger partial charge on any atom is 0.269 e. The van der Waals surface area contributed by atoms with Crippen molar-refractivity contribution >= 4 is 28.7 Å². The van der Waals surface area contributed by atoms with Gasteiger partial charge in [0.15, 0.2) is 10.7 Å². The molecule has 1 atom stereocenters. The van der Waals surface area contributed by atoms with Crippen molar-refractivity contribution in [3.8, 4) is 18.2 Å². The molecule has 4 N–H and O–H groups in total. The molecule has 0 fully saturated rings. The van der Waals surface area contributed by atoms with Gasteiger partial charge in [-0.3, -0.25) is 15.0 Å². The van der Waals surface area contributed by atoms with E-state index in [1.54, 1.807) is 4.90 Å². The Morgan fingerprint density at radius 1 is 1.06 bits per heavy atom. The zero-order valence-electron chi connectivity index (χ0n) is 17.3. The summed E-state index contributed by atoms with van der Waals surface area (Å²) in [5.74, 6) is -0.409. The highest BCUT2D eigenvalue weighted by Crippen LogP contribution is 2.44. The van der Waals surface area contributed by atoms with E-state index in [2.05, 4.69) is 16.7 Å². The van der Waals surface area contributed by atoms with E-state index in [1.165, 1.54) is 24.3 Å². The maximum absolute atomic E-state index is 11.1. The highest BCUT2D eigenvalue weighted by atomic mass is 32.1. The van der Waals surface area contributed by atoms with Gasteiger partial charge in [0.1, 0.15) is 23.8 Å². The molecule has 34 heavy (non-hydrogen) atoms. The monoisotopic (exact) mass is 466 g/mol. The minimum Gasteiger partial charge on any atom is -0.384 e. The van der Waals surface area contributed by atoms with Crippen LogP contribution in [0.25, 0.3) is 0 Å². The number of nitrogens with two attached hydrogens (primary N) is 1. The van der Waals surface area contributed by atoms with Crippen molar-refractivity contribution in [3.05, 3.63) is 104 Å². The Labute approximate surface area is 199 Å². The fourth-order valence-corrected chi connectivity index (χ4v) is 4.17. The number of non-ortho nitro benzene ring substituents is 1. The van der Waals surface area contributed by atoms with E-state index in [4.69, 9.17) is 18.0 Å². The molecule has 10 nitrogen and oxygen atoms in total. The topological polar surface area (TPSA) is 168 Å². The number of nitrogens with zero attached hydrogens (tertiary/aromatic N) is 5. The number of rotatable bonds is 3. The number of nitrogens with one attached hydrogen (secondary N) is 2. The molecule has 11 heteroatoms. The van der Waals surface area contributed by atoms with Gasteiger partial charge in [0, 0.05) is 23.4 Å². The number of hydrogen-bond acceptors (Lipinski definition) is 8. The minimum absolute atomic E-state index is 0.0602. The SMILES string of the molecule is N#CC(C#N)=C1NC(=S)N(c2ccccc2)C2=C1C(c1ccc([N+](=O)[O-])cc1)C(C#N)=C(N)N2. The van der Waals surface area contributed by atoms with Gasteiger partial charge in [0.25, 0.3) is 5.69 Å². The molecular weight excluding hydrogens is 452 g/mol. The number of nitro groups is 1. The fraction of sp³-hybridized carbons (Fsp3) is 0.0435. The average Bonchev–Trinajstić information content (AvgIpc) is 2.84. The van der Waals surface area contributed by atoms with Gasteiger partial charge in [-0.15, -0.1) is 0 Å². The van der Waals surface area contributed by atoms with Crippen molar-refractivity contribution in [1.29, 1.82) is 15.8 Å². The van der Waals surface area contributed by atoms with Gasteiger partial charge in [-0.2, -0.15) is 15.8 Å². The Balaban J connectivity index is 2.05. The lowest BCUT2D eigenvalue weighted by atomic mass is 9.79. The number of nitro benzene ring substituents is 1. The molecule has 2 heterocycles. The summed E-state index contributed by atoms with van der Waals surface area (Å²) in [5, 5.41) is 46.5. The quantitative estimate of drug-likeness (QED) is 0.265. The third kappa shape index (κ3) is 3.56. The molecule has 0 bridgehead atoms. The van der Waals surface area contributed by atoms with E-state index in [-0.39, 0.29) is 33.5 Å². The van der Waals surface area contributed by atoms with Crippen molar-refractivity contribution in [2.24, 2.45) is 5.73 Å². The Morgan fingerprint density at radius 2 is 1.71 bits per heavy atom. The van der Waals surface area contributed by atoms with Crippen LogP contribution in [0.4, 0.5) is 11.4 Å². The first-order chi connectivity index (χ1) is 16.4. The van der Waals surface area contributed by atoms with Gasteiger partial charge in [-0.05, 0) is 29.9 Å². The Kier molecular flexibility index (Phi) is 5.67. The third-order valence-electron chi connectivity index (χ3n) is 5.35. The summed E-state index contributed by atoms with van der Waals surface area (Å²) in [6, 6.07) is 20.6. The van der Waals surface area contributed by atoms with Crippen LogP contribution in [0.2, 0.25) is 0 Å². The summed E-state index contributed by atoms with van der Waals surface area (Å²) in [5.41, 5.74) is 7.70. The highest BCUT2D eigenvalue weighted by molar-refractivity contribution is 7.80.